The van der Waals surface area contributed by atoms with E-state index in [2.05, 4.69) is 27.1 Å². The summed E-state index contributed by atoms with van der Waals surface area (Å²) in [5.74, 6) is -1.22. The summed E-state index contributed by atoms with van der Waals surface area (Å²) in [6, 6.07) is 18.8. The molecule has 0 saturated carbocycles. The van der Waals surface area contributed by atoms with Crippen molar-refractivity contribution in [3.8, 4) is 5.69 Å². The predicted molar refractivity (Wildman–Crippen MR) is 153 cm³/mol. The van der Waals surface area contributed by atoms with Gasteiger partial charge in [-0.15, -0.1) is 0 Å². The number of fused-ring (bicyclic) bond motifs is 1. The van der Waals surface area contributed by atoms with Crippen LogP contribution in [0.2, 0.25) is 0 Å². The number of para-hydroxylation sites is 1. The Morgan fingerprint density at radius 1 is 0.976 bits per heavy atom. The zero-order valence-electron chi connectivity index (χ0n) is 22.5. The summed E-state index contributed by atoms with van der Waals surface area (Å²) in [6.07, 6.45) is 4.51. The fourth-order valence-corrected chi connectivity index (χ4v) is 5.11. The molecule has 0 amide bonds. The van der Waals surface area contributed by atoms with Gasteiger partial charge in [-0.2, -0.15) is 5.10 Å². The number of ether oxygens (including phenoxy) is 1. The molecule has 3 aromatic heterocycles. The van der Waals surface area contributed by atoms with Crippen molar-refractivity contribution in [2.45, 2.75) is 13.5 Å². The number of carbonyl (C=O) groups excluding carboxylic acids is 1. The van der Waals surface area contributed by atoms with Gasteiger partial charge in [0.05, 0.1) is 18.5 Å². The number of anilines is 2. The number of rotatable bonds is 7. The number of halogens is 1. The molecule has 0 aliphatic carbocycles. The van der Waals surface area contributed by atoms with Crippen molar-refractivity contribution in [1.82, 2.24) is 24.3 Å². The largest absolute Gasteiger partial charge is 0.462 e. The minimum atomic E-state index is -0.770. The van der Waals surface area contributed by atoms with Crippen LogP contribution in [0.25, 0.3) is 16.7 Å². The molecule has 4 heterocycles. The molecule has 1 aliphatic rings. The summed E-state index contributed by atoms with van der Waals surface area (Å²) in [5, 5.41) is 4.17. The molecule has 11 heteroatoms. The minimum Gasteiger partial charge on any atom is -0.462 e. The van der Waals surface area contributed by atoms with Crippen LogP contribution in [-0.4, -0.2) is 63.1 Å². The summed E-state index contributed by atoms with van der Waals surface area (Å²) in [7, 11) is 0. The van der Waals surface area contributed by atoms with Gasteiger partial charge in [0.1, 0.15) is 18.2 Å². The third-order valence-corrected chi connectivity index (χ3v) is 7.11. The minimum absolute atomic E-state index is 0.00130. The molecule has 0 bridgehead atoms. The Kier molecular flexibility index (Phi) is 7.15. The average Bonchev–Trinajstić information content (AvgIpc) is 3.51. The Labute approximate surface area is 235 Å². The average molecular weight is 554 g/mol. The van der Waals surface area contributed by atoms with Crippen LogP contribution in [0.5, 0.6) is 0 Å². The molecule has 5 aromatic rings. The Morgan fingerprint density at radius 3 is 2.46 bits per heavy atom. The summed E-state index contributed by atoms with van der Waals surface area (Å²) in [6.45, 7) is 4.74. The van der Waals surface area contributed by atoms with Gasteiger partial charge in [0.25, 0.3) is 0 Å². The zero-order valence-corrected chi connectivity index (χ0v) is 22.5. The third kappa shape index (κ3) is 5.25. The molecule has 0 N–H and O–H groups in total. The number of pyridine rings is 2. The SMILES string of the molecule is CCOC(=O)c1cn(-c2cccc(Cn3cncn3)c2)c2nc(N3CCN(c4ccccc4)CC3)c(F)cc2c1=O. The van der Waals surface area contributed by atoms with Gasteiger partial charge >= 0.3 is 5.97 Å². The molecule has 0 spiro atoms. The third-order valence-electron chi connectivity index (χ3n) is 7.11. The lowest BCUT2D eigenvalue weighted by molar-refractivity contribution is 0.0524. The highest BCUT2D eigenvalue weighted by atomic mass is 19.1. The summed E-state index contributed by atoms with van der Waals surface area (Å²) < 4.78 is 24.1. The second kappa shape index (κ2) is 11.2. The van der Waals surface area contributed by atoms with Gasteiger partial charge in [-0.05, 0) is 42.8 Å². The highest BCUT2D eigenvalue weighted by molar-refractivity contribution is 5.94. The quantitative estimate of drug-likeness (QED) is 0.282. The van der Waals surface area contributed by atoms with Crippen molar-refractivity contribution in [3.05, 3.63) is 107 Å². The van der Waals surface area contributed by atoms with E-state index in [-0.39, 0.29) is 29.0 Å². The van der Waals surface area contributed by atoms with Gasteiger partial charge in [0.15, 0.2) is 17.3 Å². The summed E-state index contributed by atoms with van der Waals surface area (Å²) in [4.78, 5) is 39.0. The van der Waals surface area contributed by atoms with Gasteiger partial charge in [0.2, 0.25) is 5.43 Å². The number of hydrogen-bond acceptors (Lipinski definition) is 8. The van der Waals surface area contributed by atoms with Crippen LogP contribution in [0, 0.1) is 5.82 Å². The van der Waals surface area contributed by atoms with Crippen molar-refractivity contribution in [1.29, 1.82) is 0 Å². The van der Waals surface area contributed by atoms with Crippen molar-refractivity contribution in [2.75, 3.05) is 42.6 Å². The van der Waals surface area contributed by atoms with E-state index < -0.39 is 17.2 Å². The highest BCUT2D eigenvalue weighted by Crippen LogP contribution is 2.26. The van der Waals surface area contributed by atoms with E-state index in [1.807, 2.05) is 47.4 Å². The lowest BCUT2D eigenvalue weighted by atomic mass is 10.1. The Bertz CT molecular complexity index is 1750. The van der Waals surface area contributed by atoms with E-state index >= 15 is 4.39 Å². The van der Waals surface area contributed by atoms with E-state index in [1.54, 1.807) is 22.5 Å². The number of hydrogen-bond donors (Lipinski definition) is 0. The topological polar surface area (TPSA) is 98.4 Å². The smallest absolute Gasteiger partial charge is 0.343 e. The number of benzene rings is 2. The molecule has 2 aromatic carbocycles. The van der Waals surface area contributed by atoms with E-state index in [4.69, 9.17) is 9.72 Å². The molecule has 208 valence electrons. The van der Waals surface area contributed by atoms with E-state index in [9.17, 15) is 9.59 Å². The van der Waals surface area contributed by atoms with Gasteiger partial charge in [-0.1, -0.05) is 30.3 Å². The van der Waals surface area contributed by atoms with Gasteiger partial charge < -0.3 is 19.1 Å². The lowest BCUT2D eigenvalue weighted by Crippen LogP contribution is -2.47. The Balaban J connectivity index is 1.42. The van der Waals surface area contributed by atoms with Crippen molar-refractivity contribution < 1.29 is 13.9 Å². The molecule has 0 radical (unpaired) electrons. The maximum atomic E-state index is 15.6. The fraction of sp³-hybridized carbons (Fsp3) is 0.233. The second-order valence-corrected chi connectivity index (χ2v) is 9.70. The highest BCUT2D eigenvalue weighted by Gasteiger charge is 2.25. The zero-order chi connectivity index (χ0) is 28.3. The molecular weight excluding hydrogens is 525 g/mol. The van der Waals surface area contributed by atoms with Crippen LogP contribution >= 0.6 is 0 Å². The number of nitrogens with zero attached hydrogens (tertiary/aromatic N) is 7. The molecule has 6 rings (SSSR count). The van der Waals surface area contributed by atoms with Gasteiger partial charge in [-0.25, -0.2) is 23.8 Å². The summed E-state index contributed by atoms with van der Waals surface area (Å²) >= 11 is 0. The van der Waals surface area contributed by atoms with Crippen molar-refractivity contribution in [2.24, 2.45) is 0 Å². The number of carbonyl (C=O) groups is 1. The molecule has 10 nitrogen and oxygen atoms in total. The second-order valence-electron chi connectivity index (χ2n) is 9.70. The van der Waals surface area contributed by atoms with Crippen LogP contribution in [0.3, 0.4) is 0 Å². The van der Waals surface area contributed by atoms with E-state index in [1.165, 1.54) is 18.6 Å². The number of esters is 1. The first kappa shape index (κ1) is 26.2. The van der Waals surface area contributed by atoms with Crippen LogP contribution in [0.15, 0.2) is 84.3 Å². The first-order chi connectivity index (χ1) is 20.0. The molecule has 1 aliphatic heterocycles. The monoisotopic (exact) mass is 553 g/mol. The fourth-order valence-electron chi connectivity index (χ4n) is 5.11. The molecule has 0 unspecified atom stereocenters. The predicted octanol–water partition coefficient (Wildman–Crippen LogP) is 3.67. The molecule has 41 heavy (non-hydrogen) atoms. The summed E-state index contributed by atoms with van der Waals surface area (Å²) in [5.41, 5.74) is 2.12. The van der Waals surface area contributed by atoms with Crippen LogP contribution in [0.1, 0.15) is 22.8 Å². The maximum absolute atomic E-state index is 15.6. The van der Waals surface area contributed by atoms with Crippen LogP contribution < -0.4 is 15.2 Å². The lowest BCUT2D eigenvalue weighted by Gasteiger charge is -2.36. The van der Waals surface area contributed by atoms with Crippen LogP contribution in [0.4, 0.5) is 15.9 Å². The van der Waals surface area contributed by atoms with Gasteiger partial charge in [-0.3, -0.25) is 4.79 Å². The standard InChI is InChI=1S/C30H28FN7O3/c1-2-41-30(40)25-18-38(23-10-6-7-21(15-23)17-37-20-32-19-33-37)28-24(27(25)39)16-26(31)29(34-28)36-13-11-35(12-14-36)22-8-4-3-5-9-22/h3-10,15-16,18-20H,2,11-14,17H2,1H3. The molecule has 0 atom stereocenters. The number of piperazine rings is 1. The Hall–Kier alpha value is -5.06. The first-order valence-corrected chi connectivity index (χ1v) is 13.4. The van der Waals surface area contributed by atoms with E-state index in [0.29, 0.717) is 38.4 Å². The molecule has 1 fully saturated rings. The maximum Gasteiger partial charge on any atom is 0.343 e. The molecule has 1 saturated heterocycles. The first-order valence-electron chi connectivity index (χ1n) is 13.4. The van der Waals surface area contributed by atoms with Gasteiger partial charge in [0, 0.05) is 43.8 Å². The van der Waals surface area contributed by atoms with Crippen molar-refractivity contribution in [3.63, 3.8) is 0 Å². The number of aromatic nitrogens is 5. The van der Waals surface area contributed by atoms with Crippen LogP contribution in [-0.2, 0) is 11.3 Å². The molecular formula is C30H28FN7O3. The Morgan fingerprint density at radius 2 is 1.73 bits per heavy atom. The van der Waals surface area contributed by atoms with E-state index in [0.717, 1.165) is 11.3 Å². The van der Waals surface area contributed by atoms with Crippen molar-refractivity contribution >= 4 is 28.5 Å². The normalized spacial score (nSPS) is 13.5.